The second kappa shape index (κ2) is 5.40. The van der Waals surface area contributed by atoms with Crippen LogP contribution in [0, 0.1) is 0 Å². The van der Waals surface area contributed by atoms with E-state index in [2.05, 4.69) is 29.2 Å². The van der Waals surface area contributed by atoms with Gasteiger partial charge < -0.3 is 14.9 Å². The molecule has 0 bridgehead atoms. The van der Waals surface area contributed by atoms with Gasteiger partial charge in [-0.25, -0.2) is 0 Å². The molecule has 1 heterocycles. The molecule has 1 saturated heterocycles. The smallest absolute Gasteiger partial charge is 0.223 e. The number of hydrogen-bond donors (Lipinski definition) is 1. The van der Waals surface area contributed by atoms with Crippen LogP contribution in [-0.4, -0.2) is 49.2 Å². The normalized spacial score (nSPS) is 15.4. The van der Waals surface area contributed by atoms with Crippen molar-refractivity contribution < 1.29 is 9.90 Å². The number of aliphatic hydroxyl groups is 1. The molecular formula is C14H20N2O2. The third-order valence-electron chi connectivity index (χ3n) is 3.30. The molecule has 98 valence electrons. The van der Waals surface area contributed by atoms with E-state index in [9.17, 15) is 4.79 Å². The molecule has 1 N–H and O–H groups in total. The molecule has 1 aromatic carbocycles. The van der Waals surface area contributed by atoms with Crippen LogP contribution in [-0.2, 0) is 11.2 Å². The molecule has 0 aliphatic carbocycles. The van der Waals surface area contributed by atoms with Crippen LogP contribution in [0.1, 0.15) is 12.0 Å². The summed E-state index contributed by atoms with van der Waals surface area (Å²) in [6.07, 6.45) is 0.973. The Balaban J connectivity index is 1.81. The van der Waals surface area contributed by atoms with Gasteiger partial charge in [0.15, 0.2) is 0 Å². The van der Waals surface area contributed by atoms with E-state index in [1.165, 1.54) is 5.56 Å². The SMILES string of the molecule is CN(C)c1ccc(CCC(=O)N2CC(O)C2)cc1. The van der Waals surface area contributed by atoms with Gasteiger partial charge in [0.1, 0.15) is 0 Å². The van der Waals surface area contributed by atoms with E-state index in [1.807, 2.05) is 14.1 Å². The molecule has 4 heteroatoms. The Morgan fingerprint density at radius 1 is 1.33 bits per heavy atom. The van der Waals surface area contributed by atoms with Crippen molar-refractivity contribution in [2.45, 2.75) is 18.9 Å². The molecule has 18 heavy (non-hydrogen) atoms. The highest BCUT2D eigenvalue weighted by Crippen LogP contribution is 2.15. The van der Waals surface area contributed by atoms with Crippen LogP contribution in [0.15, 0.2) is 24.3 Å². The first kappa shape index (κ1) is 12.9. The molecule has 1 aliphatic heterocycles. The number of aliphatic hydroxyl groups excluding tert-OH is 1. The number of amides is 1. The van der Waals surface area contributed by atoms with Crippen molar-refractivity contribution in [3.63, 3.8) is 0 Å². The second-order valence-corrected chi connectivity index (χ2v) is 5.01. The highest BCUT2D eigenvalue weighted by atomic mass is 16.3. The molecule has 1 aliphatic rings. The van der Waals surface area contributed by atoms with Gasteiger partial charge in [0.05, 0.1) is 6.10 Å². The van der Waals surface area contributed by atoms with E-state index in [1.54, 1.807) is 4.90 Å². The van der Waals surface area contributed by atoms with Crippen molar-refractivity contribution in [2.24, 2.45) is 0 Å². The lowest BCUT2D eigenvalue weighted by Crippen LogP contribution is -2.53. The van der Waals surface area contributed by atoms with Crippen molar-refractivity contribution >= 4 is 11.6 Å². The number of β-amino-alcohol motifs (C(OH)–C–C–N with tert-alkyl or cyclic N) is 1. The number of carbonyl (C=O) groups is 1. The number of carbonyl (C=O) groups excluding carboxylic acids is 1. The Hall–Kier alpha value is -1.55. The molecule has 1 fully saturated rings. The summed E-state index contributed by atoms with van der Waals surface area (Å²) >= 11 is 0. The van der Waals surface area contributed by atoms with E-state index in [4.69, 9.17) is 5.11 Å². The minimum Gasteiger partial charge on any atom is -0.389 e. The van der Waals surface area contributed by atoms with Crippen LogP contribution in [0.25, 0.3) is 0 Å². The lowest BCUT2D eigenvalue weighted by atomic mass is 10.1. The fourth-order valence-electron chi connectivity index (χ4n) is 2.03. The Morgan fingerprint density at radius 2 is 1.94 bits per heavy atom. The summed E-state index contributed by atoms with van der Waals surface area (Å²) in [5.74, 6) is 0.136. The number of benzene rings is 1. The zero-order chi connectivity index (χ0) is 13.1. The number of aryl methyl sites for hydroxylation is 1. The van der Waals surface area contributed by atoms with Crippen molar-refractivity contribution in [3.8, 4) is 0 Å². The first-order chi connectivity index (χ1) is 8.56. The summed E-state index contributed by atoms with van der Waals surface area (Å²) in [4.78, 5) is 15.5. The standard InChI is InChI=1S/C14H20N2O2/c1-15(2)12-6-3-11(4-7-12)5-8-14(18)16-9-13(17)10-16/h3-4,6-7,13,17H,5,8-10H2,1-2H3. The van der Waals surface area contributed by atoms with Crippen LogP contribution in [0.5, 0.6) is 0 Å². The van der Waals surface area contributed by atoms with Gasteiger partial charge in [0.2, 0.25) is 5.91 Å². The van der Waals surface area contributed by atoms with E-state index in [0.29, 0.717) is 19.5 Å². The van der Waals surface area contributed by atoms with Crippen LogP contribution >= 0.6 is 0 Å². The third kappa shape index (κ3) is 3.01. The second-order valence-electron chi connectivity index (χ2n) is 5.01. The Labute approximate surface area is 108 Å². The van der Waals surface area contributed by atoms with E-state index >= 15 is 0 Å². The fraction of sp³-hybridized carbons (Fsp3) is 0.500. The number of rotatable bonds is 4. The molecule has 1 aromatic rings. The summed E-state index contributed by atoms with van der Waals surface area (Å²) in [6.45, 7) is 0.997. The highest BCUT2D eigenvalue weighted by Gasteiger charge is 2.27. The number of nitrogens with zero attached hydrogens (tertiary/aromatic N) is 2. The highest BCUT2D eigenvalue weighted by molar-refractivity contribution is 5.77. The molecule has 0 spiro atoms. The van der Waals surface area contributed by atoms with Crippen LogP contribution in [0.2, 0.25) is 0 Å². The van der Waals surface area contributed by atoms with Crippen molar-refractivity contribution in [1.29, 1.82) is 0 Å². The molecule has 0 aromatic heterocycles. The van der Waals surface area contributed by atoms with Gasteiger partial charge >= 0.3 is 0 Å². The summed E-state index contributed by atoms with van der Waals surface area (Å²) in [5.41, 5.74) is 2.34. The van der Waals surface area contributed by atoms with E-state index in [0.717, 1.165) is 12.1 Å². The Morgan fingerprint density at radius 3 is 2.44 bits per heavy atom. The molecular weight excluding hydrogens is 228 g/mol. The molecule has 0 unspecified atom stereocenters. The maximum absolute atomic E-state index is 11.7. The lowest BCUT2D eigenvalue weighted by Gasteiger charge is -2.35. The molecule has 0 radical (unpaired) electrons. The van der Waals surface area contributed by atoms with Gasteiger partial charge in [-0.1, -0.05) is 12.1 Å². The zero-order valence-electron chi connectivity index (χ0n) is 11.0. The molecule has 4 nitrogen and oxygen atoms in total. The van der Waals surface area contributed by atoms with Gasteiger partial charge in [0, 0.05) is 39.3 Å². The van der Waals surface area contributed by atoms with Crippen molar-refractivity contribution in [2.75, 3.05) is 32.1 Å². The van der Waals surface area contributed by atoms with Gasteiger partial charge in [-0.15, -0.1) is 0 Å². The lowest BCUT2D eigenvalue weighted by molar-refractivity contribution is -0.141. The van der Waals surface area contributed by atoms with E-state index in [-0.39, 0.29) is 12.0 Å². The Kier molecular flexibility index (Phi) is 3.87. The quantitative estimate of drug-likeness (QED) is 0.860. The summed E-state index contributed by atoms with van der Waals surface area (Å²) in [6, 6.07) is 8.25. The fourth-order valence-corrected chi connectivity index (χ4v) is 2.03. The monoisotopic (exact) mass is 248 g/mol. The van der Waals surface area contributed by atoms with Crippen LogP contribution < -0.4 is 4.90 Å². The summed E-state index contributed by atoms with van der Waals surface area (Å²) < 4.78 is 0. The number of anilines is 1. The minimum absolute atomic E-state index is 0.136. The molecule has 0 saturated carbocycles. The molecule has 1 amide bonds. The average molecular weight is 248 g/mol. The van der Waals surface area contributed by atoms with E-state index < -0.39 is 0 Å². The number of hydrogen-bond acceptors (Lipinski definition) is 3. The largest absolute Gasteiger partial charge is 0.389 e. The maximum atomic E-state index is 11.7. The number of likely N-dealkylation sites (tertiary alicyclic amines) is 1. The Bertz CT molecular complexity index is 408. The van der Waals surface area contributed by atoms with Gasteiger partial charge in [0.25, 0.3) is 0 Å². The molecule has 2 rings (SSSR count). The van der Waals surface area contributed by atoms with Gasteiger partial charge in [-0.05, 0) is 24.1 Å². The van der Waals surface area contributed by atoms with Crippen molar-refractivity contribution in [3.05, 3.63) is 29.8 Å². The minimum atomic E-state index is -0.312. The van der Waals surface area contributed by atoms with Crippen LogP contribution in [0.4, 0.5) is 5.69 Å². The predicted octanol–water partition coefficient (Wildman–Crippen LogP) is 0.888. The summed E-state index contributed by atoms with van der Waals surface area (Å²) in [7, 11) is 4.02. The first-order valence-electron chi connectivity index (χ1n) is 6.28. The average Bonchev–Trinajstić information content (AvgIpc) is 2.32. The van der Waals surface area contributed by atoms with Gasteiger partial charge in [-0.3, -0.25) is 4.79 Å². The maximum Gasteiger partial charge on any atom is 0.223 e. The topological polar surface area (TPSA) is 43.8 Å². The zero-order valence-corrected chi connectivity index (χ0v) is 11.0. The summed E-state index contributed by atoms with van der Waals surface area (Å²) in [5, 5.41) is 9.14. The predicted molar refractivity (Wildman–Crippen MR) is 71.7 cm³/mol. The van der Waals surface area contributed by atoms with Gasteiger partial charge in [-0.2, -0.15) is 0 Å². The van der Waals surface area contributed by atoms with Crippen molar-refractivity contribution in [1.82, 2.24) is 4.90 Å². The first-order valence-corrected chi connectivity index (χ1v) is 6.28. The third-order valence-corrected chi connectivity index (χ3v) is 3.30. The van der Waals surface area contributed by atoms with Crippen LogP contribution in [0.3, 0.4) is 0 Å². The molecule has 0 atom stereocenters.